The van der Waals surface area contributed by atoms with Crippen molar-refractivity contribution in [2.45, 2.75) is 6.18 Å². The van der Waals surface area contributed by atoms with Gasteiger partial charge in [0, 0.05) is 14.7 Å². The maximum absolute atomic E-state index is 13.8. The molecule has 0 saturated heterocycles. The van der Waals surface area contributed by atoms with Crippen molar-refractivity contribution in [2.24, 2.45) is 0 Å². The van der Waals surface area contributed by atoms with Crippen molar-refractivity contribution in [3.8, 4) is 16.9 Å². The van der Waals surface area contributed by atoms with Gasteiger partial charge in [0.15, 0.2) is 0 Å². The van der Waals surface area contributed by atoms with Crippen LogP contribution in [0.15, 0.2) is 75.9 Å². The first-order valence-electron chi connectivity index (χ1n) is 9.06. The third-order valence-corrected chi connectivity index (χ3v) is 5.75. The van der Waals surface area contributed by atoms with E-state index in [1.54, 1.807) is 24.3 Å². The van der Waals surface area contributed by atoms with Gasteiger partial charge in [-0.05, 0) is 64.6 Å². The summed E-state index contributed by atoms with van der Waals surface area (Å²) in [5.74, 6) is -2.19. The van der Waals surface area contributed by atoms with Crippen molar-refractivity contribution in [2.75, 3.05) is 0 Å². The van der Waals surface area contributed by atoms with E-state index in [4.69, 9.17) is 20.8 Å². The predicted molar refractivity (Wildman–Crippen MR) is 122 cm³/mol. The smallest absolute Gasteiger partial charge is 0.450 e. The second kappa shape index (κ2) is 8.59. The molecule has 1 aromatic heterocycles. The highest BCUT2D eigenvalue weighted by molar-refractivity contribution is 14.1. The number of fused-ring (bicyclic) bond motifs is 1. The molecule has 0 aliphatic rings. The van der Waals surface area contributed by atoms with E-state index in [1.165, 1.54) is 36.4 Å². The van der Waals surface area contributed by atoms with Crippen LogP contribution in [-0.4, -0.2) is 5.97 Å². The molecule has 0 amide bonds. The second-order valence-corrected chi connectivity index (χ2v) is 8.27. The van der Waals surface area contributed by atoms with E-state index >= 15 is 0 Å². The van der Waals surface area contributed by atoms with E-state index in [2.05, 4.69) is 0 Å². The zero-order valence-electron chi connectivity index (χ0n) is 15.9. The Morgan fingerprint density at radius 2 is 1.69 bits per heavy atom. The number of rotatable bonds is 3. The van der Waals surface area contributed by atoms with Crippen molar-refractivity contribution in [3.63, 3.8) is 0 Å². The number of carbonyl (C=O) groups is 1. The molecule has 0 radical (unpaired) electrons. The zero-order valence-corrected chi connectivity index (χ0v) is 18.8. The maximum Gasteiger partial charge on any atom is 0.450 e. The van der Waals surface area contributed by atoms with Crippen LogP contribution < -0.4 is 10.2 Å². The molecule has 32 heavy (non-hydrogen) atoms. The summed E-state index contributed by atoms with van der Waals surface area (Å²) in [6.45, 7) is 0. The summed E-state index contributed by atoms with van der Waals surface area (Å²) in [6.07, 6.45) is -4.94. The normalized spacial score (nSPS) is 11.5. The Bertz CT molecular complexity index is 1400. The second-order valence-electron chi connectivity index (χ2n) is 6.67. The van der Waals surface area contributed by atoms with Crippen LogP contribution in [-0.2, 0) is 6.18 Å². The Kier molecular flexibility index (Phi) is 6.00. The van der Waals surface area contributed by atoms with Crippen molar-refractivity contribution < 1.29 is 27.1 Å². The Morgan fingerprint density at radius 1 is 1.00 bits per heavy atom. The van der Waals surface area contributed by atoms with Gasteiger partial charge in [0.2, 0.25) is 11.2 Å². The quantitative estimate of drug-likeness (QED) is 0.152. The van der Waals surface area contributed by atoms with Gasteiger partial charge in [0.1, 0.15) is 11.3 Å². The van der Waals surface area contributed by atoms with E-state index in [1.807, 2.05) is 22.6 Å². The van der Waals surface area contributed by atoms with Gasteiger partial charge in [-0.15, -0.1) is 0 Å². The van der Waals surface area contributed by atoms with E-state index in [-0.39, 0.29) is 22.3 Å². The predicted octanol–water partition coefficient (Wildman–Crippen LogP) is 6.96. The van der Waals surface area contributed by atoms with Crippen LogP contribution in [0.2, 0.25) is 5.02 Å². The highest BCUT2D eigenvalue weighted by atomic mass is 127. The van der Waals surface area contributed by atoms with Crippen molar-refractivity contribution in [1.29, 1.82) is 0 Å². The summed E-state index contributed by atoms with van der Waals surface area (Å²) >= 11 is 7.78. The highest BCUT2D eigenvalue weighted by Gasteiger charge is 2.39. The molecule has 0 fully saturated rings. The maximum atomic E-state index is 13.8. The van der Waals surface area contributed by atoms with Crippen molar-refractivity contribution in [3.05, 3.63) is 96.9 Å². The average molecular weight is 571 g/mol. The van der Waals surface area contributed by atoms with Gasteiger partial charge in [0.25, 0.3) is 0 Å². The fourth-order valence-corrected chi connectivity index (χ4v) is 3.84. The Hall–Kier alpha value is -2.85. The van der Waals surface area contributed by atoms with Crippen LogP contribution >= 0.6 is 34.2 Å². The van der Waals surface area contributed by atoms with Gasteiger partial charge < -0.3 is 9.15 Å². The summed E-state index contributed by atoms with van der Waals surface area (Å²) in [6, 6.07) is 15.8. The number of hydrogen-bond acceptors (Lipinski definition) is 4. The molecule has 1 heterocycles. The number of alkyl halides is 3. The molecule has 162 valence electrons. The molecule has 0 bridgehead atoms. The average Bonchev–Trinajstić information content (AvgIpc) is 2.74. The Labute approximate surface area is 197 Å². The number of ether oxygens (including phenoxy) is 1. The number of esters is 1. The molecule has 4 nitrogen and oxygen atoms in total. The lowest BCUT2D eigenvalue weighted by Gasteiger charge is -2.13. The summed E-state index contributed by atoms with van der Waals surface area (Å²) in [5.41, 5.74) is -1.52. The fourth-order valence-electron chi connectivity index (χ4n) is 3.10. The minimum Gasteiger partial charge on any atom is -0.450 e. The molecule has 0 N–H and O–H groups in total. The first kappa shape index (κ1) is 22.3. The van der Waals surface area contributed by atoms with Crippen molar-refractivity contribution in [1.82, 2.24) is 0 Å². The topological polar surface area (TPSA) is 56.5 Å². The first-order chi connectivity index (χ1) is 15.1. The monoisotopic (exact) mass is 570 g/mol. The molecule has 4 rings (SSSR count). The third kappa shape index (κ3) is 4.37. The zero-order chi connectivity index (χ0) is 23.0. The van der Waals surface area contributed by atoms with E-state index < -0.39 is 28.9 Å². The molecule has 3 aromatic carbocycles. The lowest BCUT2D eigenvalue weighted by atomic mass is 10.0. The molecule has 0 spiro atoms. The lowest BCUT2D eigenvalue weighted by Crippen LogP contribution is -2.16. The molecule has 4 aromatic rings. The molecule has 0 atom stereocenters. The lowest BCUT2D eigenvalue weighted by molar-refractivity contribution is -0.152. The van der Waals surface area contributed by atoms with Gasteiger partial charge in [0.05, 0.1) is 16.5 Å². The molecular formula is C23H11ClF3IO4. The summed E-state index contributed by atoms with van der Waals surface area (Å²) in [7, 11) is 0. The molecule has 0 aliphatic carbocycles. The molecule has 0 saturated carbocycles. The van der Waals surface area contributed by atoms with Gasteiger partial charge in [-0.3, -0.25) is 4.79 Å². The van der Waals surface area contributed by atoms with E-state index in [0.717, 1.165) is 6.07 Å². The first-order valence-corrected chi connectivity index (χ1v) is 10.5. The SMILES string of the molecule is O=C(Oc1ccc2c(=O)c(-c3ccc(Cl)cc3)c(C(F)(F)F)oc2c1)c1ccccc1I. The number of halogens is 5. The van der Waals surface area contributed by atoms with Crippen molar-refractivity contribution >= 4 is 51.1 Å². The third-order valence-electron chi connectivity index (χ3n) is 4.56. The van der Waals surface area contributed by atoms with E-state index in [9.17, 15) is 22.8 Å². The Morgan fingerprint density at radius 3 is 2.34 bits per heavy atom. The minimum atomic E-state index is -4.94. The summed E-state index contributed by atoms with van der Waals surface area (Å²) in [4.78, 5) is 25.4. The number of benzene rings is 3. The van der Waals surface area contributed by atoms with Gasteiger partial charge in [-0.1, -0.05) is 35.9 Å². The van der Waals surface area contributed by atoms with E-state index in [0.29, 0.717) is 14.2 Å². The Balaban J connectivity index is 1.83. The van der Waals surface area contributed by atoms with Crippen LogP contribution in [0, 0.1) is 3.57 Å². The number of hydrogen-bond donors (Lipinski definition) is 0. The minimum absolute atomic E-state index is 0.0199. The van der Waals surface area contributed by atoms with Crippen LogP contribution in [0.25, 0.3) is 22.1 Å². The molecule has 0 unspecified atom stereocenters. The van der Waals surface area contributed by atoms with Crippen LogP contribution in [0.4, 0.5) is 13.2 Å². The van der Waals surface area contributed by atoms with Crippen LogP contribution in [0.1, 0.15) is 16.1 Å². The van der Waals surface area contributed by atoms with Crippen LogP contribution in [0.3, 0.4) is 0 Å². The fraction of sp³-hybridized carbons (Fsp3) is 0.0435. The molecular weight excluding hydrogens is 560 g/mol. The van der Waals surface area contributed by atoms with Gasteiger partial charge in [-0.25, -0.2) is 4.79 Å². The number of carbonyl (C=O) groups excluding carboxylic acids is 1. The largest absolute Gasteiger partial charge is 0.450 e. The van der Waals surface area contributed by atoms with Crippen LogP contribution in [0.5, 0.6) is 5.75 Å². The molecule has 9 heteroatoms. The standard InChI is InChI=1S/C23H11ClF3IO4/c24-13-7-5-12(6-8-13)19-20(29)16-10-9-14(11-18(16)32-21(19)23(25,26)27)31-22(30)15-3-1-2-4-17(15)28/h1-11H. The highest BCUT2D eigenvalue weighted by Crippen LogP contribution is 2.38. The molecule has 0 aliphatic heterocycles. The van der Waals surface area contributed by atoms with Gasteiger partial charge >= 0.3 is 12.1 Å². The summed E-state index contributed by atoms with van der Waals surface area (Å²) in [5, 5.41) is 0.226. The summed E-state index contributed by atoms with van der Waals surface area (Å²) < 4.78 is 52.3. The van der Waals surface area contributed by atoms with Gasteiger partial charge in [-0.2, -0.15) is 13.2 Å².